The number of para-hydroxylation sites is 1. The van der Waals surface area contributed by atoms with Gasteiger partial charge in [-0.3, -0.25) is 9.52 Å². The minimum atomic E-state index is -3.50. The number of fused-ring (bicyclic) bond motifs is 1. The lowest BCUT2D eigenvalue weighted by atomic mass is 9.90. The minimum absolute atomic E-state index is 0.401. The molecular weight excluding hydrogens is 240 g/mol. The van der Waals surface area contributed by atoms with Crippen molar-refractivity contribution in [1.82, 2.24) is 4.72 Å². The van der Waals surface area contributed by atoms with Crippen LogP contribution in [0.5, 0.6) is 0 Å². The molecule has 17 heavy (non-hydrogen) atoms. The summed E-state index contributed by atoms with van der Waals surface area (Å²) in [6, 6.07) is 7.44. The first kappa shape index (κ1) is 11.9. The van der Waals surface area contributed by atoms with Crippen LogP contribution in [0.2, 0.25) is 0 Å². The van der Waals surface area contributed by atoms with Crippen molar-refractivity contribution in [2.45, 2.75) is 12.3 Å². The first-order chi connectivity index (χ1) is 7.97. The van der Waals surface area contributed by atoms with E-state index < -0.39 is 21.8 Å². The summed E-state index contributed by atoms with van der Waals surface area (Å²) in [6.07, 6.45) is 1.58. The lowest BCUT2D eigenvalue weighted by molar-refractivity contribution is -0.120. The third-order valence-corrected chi connectivity index (χ3v) is 3.26. The van der Waals surface area contributed by atoms with E-state index >= 15 is 0 Å². The number of carbonyl (C=O) groups excluding carboxylic acids is 1. The molecule has 0 radical (unpaired) electrons. The maximum Gasteiger partial charge on any atom is 0.241 e. The van der Waals surface area contributed by atoms with Crippen molar-refractivity contribution in [3.05, 3.63) is 29.8 Å². The lowest BCUT2D eigenvalue weighted by Crippen LogP contribution is -2.36. The summed E-state index contributed by atoms with van der Waals surface area (Å²) in [5.74, 6) is -0.858. The summed E-state index contributed by atoms with van der Waals surface area (Å²) in [7, 11) is -3.50. The van der Waals surface area contributed by atoms with Crippen LogP contribution in [-0.4, -0.2) is 27.1 Å². The van der Waals surface area contributed by atoms with Crippen molar-refractivity contribution in [1.29, 1.82) is 0 Å². The lowest BCUT2D eigenvalue weighted by Gasteiger charge is -2.25. The quantitative estimate of drug-likeness (QED) is 0.813. The van der Waals surface area contributed by atoms with E-state index in [1.807, 2.05) is 29.0 Å². The van der Waals surface area contributed by atoms with Gasteiger partial charge < -0.3 is 5.32 Å². The van der Waals surface area contributed by atoms with Crippen LogP contribution in [0.1, 0.15) is 17.9 Å². The molecule has 0 bridgehead atoms. The van der Waals surface area contributed by atoms with Gasteiger partial charge in [-0.1, -0.05) is 18.2 Å². The first-order valence-corrected chi connectivity index (χ1v) is 7.21. The average Bonchev–Trinajstić information content (AvgIpc) is 2.26. The molecule has 92 valence electrons. The molecule has 5 nitrogen and oxygen atoms in total. The number of benzene rings is 1. The smallest absolute Gasteiger partial charge is 0.241 e. The number of carbonyl (C=O) groups is 1. The Bertz CT molecular complexity index is 539. The predicted octanol–water partition coefficient (Wildman–Crippen LogP) is 0.662. The molecule has 1 aromatic carbocycles. The molecule has 1 amide bonds. The zero-order valence-corrected chi connectivity index (χ0v) is 10.3. The second-order valence-electron chi connectivity index (χ2n) is 4.09. The van der Waals surface area contributed by atoms with E-state index in [-0.39, 0.29) is 0 Å². The number of anilines is 1. The number of hydrogen-bond acceptors (Lipinski definition) is 4. The Balaban J connectivity index is 2.27. The molecule has 1 atom stereocenters. The van der Waals surface area contributed by atoms with Crippen LogP contribution in [0.15, 0.2) is 24.3 Å². The Morgan fingerprint density at radius 2 is 2.12 bits per heavy atom. The number of rotatable bonds is 2. The molecule has 1 heterocycles. The summed E-state index contributed by atoms with van der Waals surface area (Å²) in [6.45, 7) is 0.666. The first-order valence-electron chi connectivity index (χ1n) is 5.32. The fourth-order valence-electron chi connectivity index (χ4n) is 1.99. The van der Waals surface area contributed by atoms with E-state index in [9.17, 15) is 13.2 Å². The Labute approximate surface area is 100 Å². The van der Waals surface area contributed by atoms with Gasteiger partial charge in [-0.25, -0.2) is 8.42 Å². The Hall–Kier alpha value is -1.56. The van der Waals surface area contributed by atoms with Gasteiger partial charge in [0.05, 0.1) is 12.2 Å². The van der Waals surface area contributed by atoms with E-state index in [0.29, 0.717) is 13.0 Å². The second kappa shape index (κ2) is 4.37. The van der Waals surface area contributed by atoms with Crippen LogP contribution in [-0.2, 0) is 14.8 Å². The van der Waals surface area contributed by atoms with Crippen LogP contribution in [0.25, 0.3) is 0 Å². The molecule has 1 aromatic rings. The zero-order valence-electron chi connectivity index (χ0n) is 9.43. The van der Waals surface area contributed by atoms with E-state index in [1.165, 1.54) is 0 Å². The van der Waals surface area contributed by atoms with Crippen LogP contribution in [0.3, 0.4) is 0 Å². The third kappa shape index (κ3) is 2.76. The summed E-state index contributed by atoms with van der Waals surface area (Å²) in [5, 5.41) is 3.18. The van der Waals surface area contributed by atoms with Crippen molar-refractivity contribution in [3.63, 3.8) is 0 Å². The van der Waals surface area contributed by atoms with Crippen LogP contribution >= 0.6 is 0 Å². The number of nitrogens with one attached hydrogen (secondary N) is 2. The molecule has 0 saturated carbocycles. The van der Waals surface area contributed by atoms with E-state index in [4.69, 9.17) is 0 Å². The van der Waals surface area contributed by atoms with Crippen molar-refractivity contribution >= 4 is 21.6 Å². The second-order valence-corrected chi connectivity index (χ2v) is 5.84. The molecule has 1 unspecified atom stereocenters. The third-order valence-electron chi connectivity index (χ3n) is 2.69. The van der Waals surface area contributed by atoms with Gasteiger partial charge in [0.15, 0.2) is 0 Å². The molecule has 0 saturated heterocycles. The van der Waals surface area contributed by atoms with E-state index in [1.54, 1.807) is 0 Å². The zero-order chi connectivity index (χ0) is 12.5. The normalized spacial score (nSPS) is 19.0. The van der Waals surface area contributed by atoms with Crippen LogP contribution < -0.4 is 10.0 Å². The highest BCUT2D eigenvalue weighted by Crippen LogP contribution is 2.31. The van der Waals surface area contributed by atoms with Crippen molar-refractivity contribution in [3.8, 4) is 0 Å². The minimum Gasteiger partial charge on any atom is -0.385 e. The summed E-state index contributed by atoms with van der Waals surface area (Å²) in [5.41, 5.74) is 1.74. The SMILES string of the molecule is CS(=O)(=O)NC(=O)C1CCNc2ccccc21. The Morgan fingerprint density at radius 1 is 1.41 bits per heavy atom. The molecule has 0 aromatic heterocycles. The van der Waals surface area contributed by atoms with Gasteiger partial charge in [0, 0.05) is 12.2 Å². The standard InChI is InChI=1S/C11H14N2O3S/c1-17(15,16)13-11(14)9-6-7-12-10-5-3-2-4-8(9)10/h2-5,9,12H,6-7H2,1H3,(H,13,14). The van der Waals surface area contributed by atoms with Crippen molar-refractivity contribution in [2.75, 3.05) is 18.1 Å². The predicted molar refractivity (Wildman–Crippen MR) is 65.3 cm³/mol. The average molecular weight is 254 g/mol. The maximum atomic E-state index is 11.9. The molecule has 2 rings (SSSR count). The molecule has 1 aliphatic rings. The summed E-state index contributed by atoms with van der Waals surface area (Å²) >= 11 is 0. The van der Waals surface area contributed by atoms with Crippen molar-refractivity contribution in [2.24, 2.45) is 0 Å². The monoisotopic (exact) mass is 254 g/mol. The molecule has 0 spiro atoms. The van der Waals surface area contributed by atoms with Crippen LogP contribution in [0.4, 0.5) is 5.69 Å². The van der Waals surface area contributed by atoms with Gasteiger partial charge in [0.25, 0.3) is 0 Å². The van der Waals surface area contributed by atoms with E-state index in [2.05, 4.69) is 5.32 Å². The van der Waals surface area contributed by atoms with Crippen LogP contribution in [0, 0.1) is 0 Å². The highest BCUT2D eigenvalue weighted by atomic mass is 32.2. The summed E-state index contributed by atoms with van der Waals surface area (Å²) < 4.78 is 24.1. The van der Waals surface area contributed by atoms with E-state index in [0.717, 1.165) is 17.5 Å². The topological polar surface area (TPSA) is 75.3 Å². The highest BCUT2D eigenvalue weighted by molar-refractivity contribution is 7.89. The molecule has 2 N–H and O–H groups in total. The molecular formula is C11H14N2O3S. The van der Waals surface area contributed by atoms with Gasteiger partial charge >= 0.3 is 0 Å². The van der Waals surface area contributed by atoms with Crippen molar-refractivity contribution < 1.29 is 13.2 Å². The highest BCUT2D eigenvalue weighted by Gasteiger charge is 2.27. The Kier molecular flexibility index (Phi) is 3.06. The molecule has 1 aliphatic heterocycles. The molecule has 6 heteroatoms. The van der Waals surface area contributed by atoms with Gasteiger partial charge in [-0.05, 0) is 18.1 Å². The van der Waals surface area contributed by atoms with Gasteiger partial charge in [0.1, 0.15) is 0 Å². The van der Waals surface area contributed by atoms with Gasteiger partial charge in [0.2, 0.25) is 15.9 Å². The largest absolute Gasteiger partial charge is 0.385 e. The van der Waals surface area contributed by atoms with Gasteiger partial charge in [-0.2, -0.15) is 0 Å². The number of hydrogen-bond donors (Lipinski definition) is 2. The maximum absolute atomic E-state index is 11.9. The summed E-state index contributed by atoms with van der Waals surface area (Å²) in [4.78, 5) is 11.9. The number of sulfonamides is 1. The van der Waals surface area contributed by atoms with Gasteiger partial charge in [-0.15, -0.1) is 0 Å². The molecule has 0 fully saturated rings. The Morgan fingerprint density at radius 3 is 2.82 bits per heavy atom. The number of amides is 1. The fraction of sp³-hybridized carbons (Fsp3) is 0.364. The fourth-order valence-corrected chi connectivity index (χ4v) is 2.50. The molecule has 0 aliphatic carbocycles.